The summed E-state index contributed by atoms with van der Waals surface area (Å²) in [6.45, 7) is 0. The summed E-state index contributed by atoms with van der Waals surface area (Å²) in [6, 6.07) is 22.9. The number of amides is 1. The average molecular weight is 362 g/mol. The molecule has 0 radical (unpaired) electrons. The molecule has 27 heavy (non-hydrogen) atoms. The maximum absolute atomic E-state index is 12.6. The zero-order valence-electron chi connectivity index (χ0n) is 15.6. The number of anilines is 3. The zero-order valence-corrected chi connectivity index (χ0v) is 15.6. The summed E-state index contributed by atoms with van der Waals surface area (Å²) in [7, 11) is 5.11. The lowest BCUT2D eigenvalue weighted by atomic mass is 10.1. The Labute approximate surface area is 159 Å². The molecule has 1 N–H and O–H groups in total. The molecule has 0 heterocycles. The minimum atomic E-state index is -0.226. The van der Waals surface area contributed by atoms with Gasteiger partial charge in [-0.25, -0.2) is 0 Å². The van der Waals surface area contributed by atoms with E-state index >= 15 is 0 Å². The molecule has 0 spiro atoms. The highest BCUT2D eigenvalue weighted by Crippen LogP contribution is 2.26. The molecule has 0 unspecified atom stereocenters. The van der Waals surface area contributed by atoms with Crippen molar-refractivity contribution in [2.75, 3.05) is 31.5 Å². The van der Waals surface area contributed by atoms with Crippen LogP contribution in [0.5, 0.6) is 11.5 Å². The highest BCUT2D eigenvalue weighted by Gasteiger charge is 2.11. The van der Waals surface area contributed by atoms with E-state index in [9.17, 15) is 4.79 Å². The van der Waals surface area contributed by atoms with Gasteiger partial charge < -0.3 is 19.7 Å². The number of nitrogens with zero attached hydrogens (tertiary/aromatic N) is 1. The molecule has 3 rings (SSSR count). The number of carbonyl (C=O) groups is 1. The third kappa shape index (κ3) is 4.39. The maximum Gasteiger partial charge on any atom is 0.255 e. The lowest BCUT2D eigenvalue weighted by molar-refractivity contribution is 0.102. The molecule has 0 aliphatic rings. The van der Waals surface area contributed by atoms with Crippen molar-refractivity contribution in [3.05, 3.63) is 78.4 Å². The van der Waals surface area contributed by atoms with Gasteiger partial charge in [0.1, 0.15) is 11.5 Å². The molecule has 0 atom stereocenters. The van der Waals surface area contributed by atoms with Crippen LogP contribution in [0.1, 0.15) is 10.4 Å². The van der Waals surface area contributed by atoms with E-state index in [2.05, 4.69) is 10.2 Å². The SMILES string of the molecule is COc1cc(OC)cc(C(=O)Nc2ccc(N(C)c3ccccc3)cc2)c1. The zero-order chi connectivity index (χ0) is 19.2. The van der Waals surface area contributed by atoms with Crippen molar-refractivity contribution in [2.24, 2.45) is 0 Å². The molecular weight excluding hydrogens is 340 g/mol. The quantitative estimate of drug-likeness (QED) is 0.689. The van der Waals surface area contributed by atoms with Crippen LogP contribution >= 0.6 is 0 Å². The van der Waals surface area contributed by atoms with Crippen LogP contribution in [0.2, 0.25) is 0 Å². The second-order valence-corrected chi connectivity index (χ2v) is 6.00. The monoisotopic (exact) mass is 362 g/mol. The van der Waals surface area contributed by atoms with Gasteiger partial charge in [-0.3, -0.25) is 4.79 Å². The Morgan fingerprint density at radius 1 is 0.815 bits per heavy atom. The minimum absolute atomic E-state index is 0.226. The smallest absolute Gasteiger partial charge is 0.255 e. The van der Waals surface area contributed by atoms with Crippen LogP contribution in [-0.4, -0.2) is 27.2 Å². The second kappa shape index (κ2) is 8.27. The summed E-state index contributed by atoms with van der Waals surface area (Å²) in [5.74, 6) is 0.912. The fourth-order valence-corrected chi connectivity index (χ4v) is 2.71. The number of methoxy groups -OCH3 is 2. The van der Waals surface area contributed by atoms with Gasteiger partial charge in [-0.05, 0) is 48.5 Å². The Morgan fingerprint density at radius 2 is 1.37 bits per heavy atom. The Balaban J connectivity index is 1.74. The van der Waals surface area contributed by atoms with Crippen LogP contribution in [0.3, 0.4) is 0 Å². The molecule has 3 aromatic carbocycles. The topological polar surface area (TPSA) is 50.8 Å². The van der Waals surface area contributed by atoms with Crippen LogP contribution in [0, 0.1) is 0 Å². The second-order valence-electron chi connectivity index (χ2n) is 6.00. The first-order chi connectivity index (χ1) is 13.1. The van der Waals surface area contributed by atoms with Crippen LogP contribution in [0.15, 0.2) is 72.8 Å². The van der Waals surface area contributed by atoms with Gasteiger partial charge >= 0.3 is 0 Å². The summed E-state index contributed by atoms with van der Waals surface area (Å²) in [5, 5.41) is 2.90. The fourth-order valence-electron chi connectivity index (χ4n) is 2.71. The van der Waals surface area contributed by atoms with Crippen LogP contribution in [0.25, 0.3) is 0 Å². The number of carbonyl (C=O) groups excluding carboxylic acids is 1. The first kappa shape index (κ1) is 18.3. The van der Waals surface area contributed by atoms with Gasteiger partial charge in [0.25, 0.3) is 5.91 Å². The van der Waals surface area contributed by atoms with Crippen molar-refractivity contribution < 1.29 is 14.3 Å². The molecule has 0 bridgehead atoms. The Bertz CT molecular complexity index is 886. The van der Waals surface area contributed by atoms with Crippen molar-refractivity contribution in [2.45, 2.75) is 0 Å². The van der Waals surface area contributed by atoms with Crippen molar-refractivity contribution in [3.8, 4) is 11.5 Å². The fraction of sp³-hybridized carbons (Fsp3) is 0.136. The molecule has 0 aromatic heterocycles. The van der Waals surface area contributed by atoms with Gasteiger partial charge in [0.15, 0.2) is 0 Å². The Hall–Kier alpha value is -3.47. The van der Waals surface area contributed by atoms with Gasteiger partial charge in [0.2, 0.25) is 0 Å². The lowest BCUT2D eigenvalue weighted by Crippen LogP contribution is -2.13. The highest BCUT2D eigenvalue weighted by atomic mass is 16.5. The number of para-hydroxylation sites is 1. The van der Waals surface area contributed by atoms with Crippen molar-refractivity contribution in [1.82, 2.24) is 0 Å². The normalized spacial score (nSPS) is 10.2. The van der Waals surface area contributed by atoms with E-state index in [1.165, 1.54) is 0 Å². The summed E-state index contributed by atoms with van der Waals surface area (Å²) in [6.07, 6.45) is 0. The molecular formula is C22H22N2O3. The van der Waals surface area contributed by atoms with Crippen molar-refractivity contribution in [3.63, 3.8) is 0 Å². The summed E-state index contributed by atoms with van der Waals surface area (Å²) in [4.78, 5) is 14.6. The third-order valence-electron chi connectivity index (χ3n) is 4.27. The van der Waals surface area contributed by atoms with Gasteiger partial charge in [-0.2, -0.15) is 0 Å². The standard InChI is InChI=1S/C22H22N2O3/c1-24(18-7-5-4-6-8-18)19-11-9-17(10-12-19)23-22(25)16-13-20(26-2)15-21(14-16)27-3/h4-15H,1-3H3,(H,23,25). The first-order valence-electron chi connectivity index (χ1n) is 8.54. The van der Waals surface area contributed by atoms with E-state index < -0.39 is 0 Å². The van der Waals surface area contributed by atoms with E-state index in [1.807, 2.05) is 61.6 Å². The summed E-state index contributed by atoms with van der Waals surface area (Å²) < 4.78 is 10.4. The van der Waals surface area contributed by atoms with Gasteiger partial charge in [-0.1, -0.05) is 18.2 Å². The molecule has 0 aliphatic heterocycles. The van der Waals surface area contributed by atoms with E-state index in [0.717, 1.165) is 11.4 Å². The number of rotatable bonds is 6. The minimum Gasteiger partial charge on any atom is -0.497 e. The molecule has 0 saturated carbocycles. The summed E-state index contributed by atoms with van der Waals surface area (Å²) in [5.41, 5.74) is 3.31. The summed E-state index contributed by atoms with van der Waals surface area (Å²) >= 11 is 0. The number of hydrogen-bond acceptors (Lipinski definition) is 4. The third-order valence-corrected chi connectivity index (χ3v) is 4.27. The van der Waals surface area contributed by atoms with E-state index in [-0.39, 0.29) is 5.91 Å². The predicted molar refractivity (Wildman–Crippen MR) is 108 cm³/mol. The van der Waals surface area contributed by atoms with E-state index in [0.29, 0.717) is 22.7 Å². The number of hydrogen-bond donors (Lipinski definition) is 1. The lowest BCUT2D eigenvalue weighted by Gasteiger charge is -2.19. The molecule has 3 aromatic rings. The maximum atomic E-state index is 12.6. The number of ether oxygens (including phenoxy) is 2. The molecule has 1 amide bonds. The van der Waals surface area contributed by atoms with E-state index in [4.69, 9.17) is 9.47 Å². The van der Waals surface area contributed by atoms with E-state index in [1.54, 1.807) is 32.4 Å². The Morgan fingerprint density at radius 3 is 1.93 bits per heavy atom. The molecule has 5 heteroatoms. The van der Waals surface area contributed by atoms with Crippen LogP contribution < -0.4 is 19.7 Å². The first-order valence-corrected chi connectivity index (χ1v) is 8.54. The van der Waals surface area contributed by atoms with Crippen LogP contribution in [-0.2, 0) is 0 Å². The Kier molecular flexibility index (Phi) is 5.61. The number of benzene rings is 3. The van der Waals surface area contributed by atoms with Crippen molar-refractivity contribution >= 4 is 23.0 Å². The van der Waals surface area contributed by atoms with Gasteiger partial charge in [0.05, 0.1) is 14.2 Å². The molecule has 0 saturated heterocycles. The van der Waals surface area contributed by atoms with Gasteiger partial charge in [0, 0.05) is 35.7 Å². The largest absolute Gasteiger partial charge is 0.497 e. The average Bonchev–Trinajstić information content (AvgIpc) is 2.74. The van der Waals surface area contributed by atoms with Crippen molar-refractivity contribution in [1.29, 1.82) is 0 Å². The highest BCUT2D eigenvalue weighted by molar-refractivity contribution is 6.04. The molecule has 0 fully saturated rings. The molecule has 138 valence electrons. The van der Waals surface area contributed by atoms with Gasteiger partial charge in [-0.15, -0.1) is 0 Å². The van der Waals surface area contributed by atoms with Crippen LogP contribution in [0.4, 0.5) is 17.1 Å². The molecule has 5 nitrogen and oxygen atoms in total. The predicted octanol–water partition coefficient (Wildman–Crippen LogP) is 4.72. The molecule has 0 aliphatic carbocycles. The number of nitrogens with one attached hydrogen (secondary N) is 1.